The second kappa shape index (κ2) is 6.66. The normalized spacial score (nSPS) is 23.4. The maximum Gasteiger partial charge on any atom is 0.317 e. The molecular formula is C17H23N3O3. The van der Waals surface area contributed by atoms with Crippen LogP contribution in [-0.2, 0) is 4.79 Å². The molecule has 1 heterocycles. The van der Waals surface area contributed by atoms with Crippen LogP contribution in [0.2, 0.25) is 0 Å². The zero-order valence-corrected chi connectivity index (χ0v) is 13.4. The van der Waals surface area contributed by atoms with Gasteiger partial charge in [0.1, 0.15) is 0 Å². The van der Waals surface area contributed by atoms with E-state index in [0.717, 1.165) is 24.9 Å². The highest BCUT2D eigenvalue weighted by atomic mass is 16.4. The minimum atomic E-state index is -0.774. The standard InChI is InChI=1S/C17H23N3O3/c1-11-4-5-18-8-15(11)17(23)19-13-6-14(7-13)20(10-16(21)22)9-12-2-3-12/h4-5,8,12-14H,2-3,6-7,9-10H2,1H3,(H,19,23)(H,21,22). The molecule has 2 aliphatic rings. The zero-order valence-electron chi connectivity index (χ0n) is 13.4. The van der Waals surface area contributed by atoms with Crippen molar-refractivity contribution in [3.05, 3.63) is 29.6 Å². The Morgan fingerprint density at radius 1 is 1.39 bits per heavy atom. The molecule has 0 unspecified atom stereocenters. The average Bonchev–Trinajstić information content (AvgIpc) is 3.25. The van der Waals surface area contributed by atoms with Crippen molar-refractivity contribution in [1.82, 2.24) is 15.2 Å². The van der Waals surface area contributed by atoms with Gasteiger partial charge in [0, 0.05) is 31.0 Å². The summed E-state index contributed by atoms with van der Waals surface area (Å²) in [5, 5.41) is 12.1. The number of hydrogen-bond acceptors (Lipinski definition) is 4. The summed E-state index contributed by atoms with van der Waals surface area (Å²) < 4.78 is 0. The molecule has 1 aromatic rings. The summed E-state index contributed by atoms with van der Waals surface area (Å²) in [6.45, 7) is 2.87. The first-order chi connectivity index (χ1) is 11.0. The number of amides is 1. The molecule has 0 bridgehead atoms. The summed E-state index contributed by atoms with van der Waals surface area (Å²) in [7, 11) is 0. The van der Waals surface area contributed by atoms with Gasteiger partial charge in [-0.2, -0.15) is 0 Å². The molecule has 2 N–H and O–H groups in total. The van der Waals surface area contributed by atoms with Gasteiger partial charge in [0.2, 0.25) is 0 Å². The highest BCUT2D eigenvalue weighted by molar-refractivity contribution is 5.95. The van der Waals surface area contributed by atoms with Crippen molar-refractivity contribution in [2.75, 3.05) is 13.1 Å². The molecule has 0 radical (unpaired) electrons. The number of carboxylic acids is 1. The van der Waals surface area contributed by atoms with Crippen LogP contribution in [0.3, 0.4) is 0 Å². The fourth-order valence-electron chi connectivity index (χ4n) is 3.12. The predicted octanol–water partition coefficient (Wildman–Crippen LogP) is 1.45. The maximum atomic E-state index is 12.3. The minimum absolute atomic E-state index is 0.0916. The molecule has 2 aliphatic carbocycles. The molecule has 124 valence electrons. The molecule has 1 amide bonds. The van der Waals surface area contributed by atoms with Crippen molar-refractivity contribution in [1.29, 1.82) is 0 Å². The van der Waals surface area contributed by atoms with Crippen LogP contribution in [0.15, 0.2) is 18.5 Å². The van der Waals surface area contributed by atoms with E-state index < -0.39 is 5.97 Å². The number of hydrogen-bond donors (Lipinski definition) is 2. The minimum Gasteiger partial charge on any atom is -0.480 e. The molecule has 0 saturated heterocycles. The van der Waals surface area contributed by atoms with Crippen LogP contribution in [0.25, 0.3) is 0 Å². The number of nitrogens with zero attached hydrogens (tertiary/aromatic N) is 2. The van der Waals surface area contributed by atoms with Crippen LogP contribution in [0.4, 0.5) is 0 Å². The summed E-state index contributed by atoms with van der Waals surface area (Å²) in [6, 6.07) is 2.22. The van der Waals surface area contributed by atoms with E-state index in [1.54, 1.807) is 12.4 Å². The number of carbonyl (C=O) groups is 2. The molecule has 2 fully saturated rings. The number of aryl methyl sites for hydroxylation is 1. The highest BCUT2D eigenvalue weighted by Crippen LogP contribution is 2.33. The second-order valence-corrected chi connectivity index (χ2v) is 6.75. The number of carbonyl (C=O) groups excluding carboxylic acids is 1. The van der Waals surface area contributed by atoms with Gasteiger partial charge in [-0.3, -0.25) is 19.5 Å². The van der Waals surface area contributed by atoms with E-state index in [2.05, 4.69) is 15.2 Å². The molecule has 3 rings (SSSR count). The summed E-state index contributed by atoms with van der Waals surface area (Å²) in [5.41, 5.74) is 1.52. The monoisotopic (exact) mass is 317 g/mol. The number of aromatic nitrogens is 1. The van der Waals surface area contributed by atoms with Crippen molar-refractivity contribution < 1.29 is 14.7 Å². The van der Waals surface area contributed by atoms with E-state index >= 15 is 0 Å². The molecule has 6 heteroatoms. The lowest BCUT2D eigenvalue weighted by molar-refractivity contribution is -0.139. The van der Waals surface area contributed by atoms with Crippen LogP contribution in [0.5, 0.6) is 0 Å². The summed E-state index contributed by atoms with van der Waals surface area (Å²) in [4.78, 5) is 29.3. The van der Waals surface area contributed by atoms with E-state index in [4.69, 9.17) is 5.11 Å². The van der Waals surface area contributed by atoms with Gasteiger partial charge >= 0.3 is 5.97 Å². The number of aliphatic carboxylic acids is 1. The fourth-order valence-corrected chi connectivity index (χ4v) is 3.12. The van der Waals surface area contributed by atoms with Crippen LogP contribution in [-0.4, -0.2) is 52.0 Å². The Balaban J connectivity index is 1.50. The largest absolute Gasteiger partial charge is 0.480 e. The Kier molecular flexibility index (Phi) is 4.61. The van der Waals surface area contributed by atoms with Crippen molar-refractivity contribution in [3.8, 4) is 0 Å². The maximum absolute atomic E-state index is 12.3. The quantitative estimate of drug-likeness (QED) is 0.795. The number of nitrogens with one attached hydrogen (secondary N) is 1. The summed E-state index contributed by atoms with van der Waals surface area (Å²) >= 11 is 0. The Hall–Kier alpha value is -1.95. The van der Waals surface area contributed by atoms with Gasteiger partial charge in [0.15, 0.2) is 0 Å². The second-order valence-electron chi connectivity index (χ2n) is 6.75. The van der Waals surface area contributed by atoms with Crippen LogP contribution >= 0.6 is 0 Å². The molecule has 0 aromatic carbocycles. The van der Waals surface area contributed by atoms with E-state index in [0.29, 0.717) is 11.5 Å². The van der Waals surface area contributed by atoms with Gasteiger partial charge in [-0.25, -0.2) is 0 Å². The van der Waals surface area contributed by atoms with E-state index in [1.165, 1.54) is 12.8 Å². The van der Waals surface area contributed by atoms with E-state index in [1.807, 2.05) is 13.0 Å². The SMILES string of the molecule is Cc1ccncc1C(=O)NC1CC(N(CC(=O)O)CC2CC2)C1. The predicted molar refractivity (Wildman–Crippen MR) is 85.2 cm³/mol. The van der Waals surface area contributed by atoms with Gasteiger partial charge in [-0.1, -0.05) is 0 Å². The Morgan fingerprint density at radius 2 is 2.13 bits per heavy atom. The number of rotatable bonds is 7. The molecule has 0 spiro atoms. The van der Waals surface area contributed by atoms with Gasteiger partial charge in [0.05, 0.1) is 12.1 Å². The lowest BCUT2D eigenvalue weighted by Gasteiger charge is -2.42. The molecule has 2 saturated carbocycles. The first-order valence-corrected chi connectivity index (χ1v) is 8.20. The molecule has 1 aromatic heterocycles. The van der Waals surface area contributed by atoms with Gasteiger partial charge < -0.3 is 10.4 Å². The third-order valence-corrected chi connectivity index (χ3v) is 4.78. The van der Waals surface area contributed by atoms with E-state index in [-0.39, 0.29) is 24.5 Å². The third kappa shape index (κ3) is 4.07. The Bertz CT molecular complexity index is 595. The van der Waals surface area contributed by atoms with Crippen molar-refractivity contribution >= 4 is 11.9 Å². The zero-order chi connectivity index (χ0) is 16.4. The molecule has 0 aliphatic heterocycles. The summed E-state index contributed by atoms with van der Waals surface area (Å²) in [5.74, 6) is -0.198. The molecule has 0 atom stereocenters. The molecule has 23 heavy (non-hydrogen) atoms. The van der Waals surface area contributed by atoms with Crippen LogP contribution in [0, 0.1) is 12.8 Å². The summed E-state index contributed by atoms with van der Waals surface area (Å²) in [6.07, 6.45) is 7.33. The Labute approximate surface area is 135 Å². The smallest absolute Gasteiger partial charge is 0.317 e. The van der Waals surface area contributed by atoms with Crippen molar-refractivity contribution in [3.63, 3.8) is 0 Å². The van der Waals surface area contributed by atoms with Crippen LogP contribution in [0.1, 0.15) is 41.6 Å². The van der Waals surface area contributed by atoms with Crippen molar-refractivity contribution in [2.45, 2.75) is 44.7 Å². The highest BCUT2D eigenvalue weighted by Gasteiger charge is 2.37. The average molecular weight is 317 g/mol. The first-order valence-electron chi connectivity index (χ1n) is 8.20. The lowest BCUT2D eigenvalue weighted by Crippen LogP contribution is -2.55. The number of pyridine rings is 1. The van der Waals surface area contributed by atoms with Gasteiger partial charge in [0.25, 0.3) is 5.91 Å². The topological polar surface area (TPSA) is 82.5 Å². The lowest BCUT2D eigenvalue weighted by atomic mass is 9.85. The fraction of sp³-hybridized carbons (Fsp3) is 0.588. The van der Waals surface area contributed by atoms with E-state index in [9.17, 15) is 9.59 Å². The van der Waals surface area contributed by atoms with Crippen molar-refractivity contribution in [2.24, 2.45) is 5.92 Å². The molecule has 6 nitrogen and oxygen atoms in total. The third-order valence-electron chi connectivity index (χ3n) is 4.78. The van der Waals surface area contributed by atoms with Gasteiger partial charge in [-0.15, -0.1) is 0 Å². The van der Waals surface area contributed by atoms with Gasteiger partial charge in [-0.05, 0) is 50.2 Å². The number of carboxylic acid groups (broad SMARTS) is 1. The molecular weight excluding hydrogens is 294 g/mol. The first kappa shape index (κ1) is 15.9. The van der Waals surface area contributed by atoms with Crippen LogP contribution < -0.4 is 5.32 Å². The Morgan fingerprint density at radius 3 is 2.74 bits per heavy atom.